The molecule has 4 aromatic rings. The molecule has 5 rings (SSSR count). The number of aryl methyl sites for hydroxylation is 1. The molecule has 1 aliphatic heterocycles. The van der Waals surface area contributed by atoms with Gasteiger partial charge in [-0.3, -0.25) is 19.9 Å². The van der Waals surface area contributed by atoms with Gasteiger partial charge in [0.1, 0.15) is 17.6 Å². The molecule has 192 valence electrons. The molecule has 1 amide bonds. The lowest BCUT2D eigenvalue weighted by molar-refractivity contribution is -0.384. The first-order chi connectivity index (χ1) is 18.4. The summed E-state index contributed by atoms with van der Waals surface area (Å²) >= 11 is 5.79. The van der Waals surface area contributed by atoms with Crippen molar-refractivity contribution >= 4 is 40.3 Å². The minimum absolute atomic E-state index is 0.0112. The van der Waals surface area contributed by atoms with E-state index in [0.717, 1.165) is 22.6 Å². The van der Waals surface area contributed by atoms with Crippen molar-refractivity contribution in [2.75, 3.05) is 10.2 Å². The van der Waals surface area contributed by atoms with Gasteiger partial charge < -0.3 is 20.0 Å². The molecule has 2 atom stereocenters. The summed E-state index contributed by atoms with van der Waals surface area (Å²) in [6.07, 6.45) is 2.12. The van der Waals surface area contributed by atoms with Gasteiger partial charge in [-0.1, -0.05) is 25.1 Å². The quantitative estimate of drug-likeness (QED) is 0.169. The molecule has 2 aromatic carbocycles. The SMILES string of the molecule is CCC(=O)Nc1ccc(N2C(=S)NC(c3ccccn3)C2c2ccc(-c3cccc([N+](=O)[O-])c3)o2)cc1C. The lowest BCUT2D eigenvalue weighted by atomic mass is 10.0. The van der Waals surface area contributed by atoms with Crippen molar-refractivity contribution in [3.63, 3.8) is 0 Å². The Balaban J connectivity index is 1.56. The van der Waals surface area contributed by atoms with Crippen molar-refractivity contribution in [1.29, 1.82) is 0 Å². The standard InChI is InChI=1S/C28H25N5O4S/c1-3-25(34)30-21-11-10-19(15-17(21)2)32-27(26(31-28(32)38)22-9-4-5-14-29-22)24-13-12-23(37-24)18-7-6-8-20(16-18)33(35)36/h4-16,26-27H,3H2,1-2H3,(H,30,34)(H,31,38). The van der Waals surface area contributed by atoms with Crippen LogP contribution in [0.1, 0.15) is 42.4 Å². The normalized spacial score (nSPS) is 16.8. The summed E-state index contributed by atoms with van der Waals surface area (Å²) in [5.41, 5.74) is 3.84. The Kier molecular flexibility index (Phi) is 6.89. The van der Waals surface area contributed by atoms with Crippen LogP contribution >= 0.6 is 12.2 Å². The van der Waals surface area contributed by atoms with E-state index in [1.54, 1.807) is 31.3 Å². The number of nitro groups is 1. The molecule has 1 fully saturated rings. The number of furan rings is 1. The van der Waals surface area contributed by atoms with Crippen LogP contribution in [0.2, 0.25) is 0 Å². The van der Waals surface area contributed by atoms with Gasteiger partial charge in [0.2, 0.25) is 5.91 Å². The number of carbonyl (C=O) groups excluding carboxylic acids is 1. The minimum atomic E-state index is -0.430. The number of carbonyl (C=O) groups is 1. The number of nitrogens with zero attached hydrogens (tertiary/aromatic N) is 3. The fourth-order valence-corrected chi connectivity index (χ4v) is 4.88. The maximum absolute atomic E-state index is 11.9. The van der Waals surface area contributed by atoms with Gasteiger partial charge in [0.05, 0.1) is 16.7 Å². The number of benzene rings is 2. The van der Waals surface area contributed by atoms with Gasteiger partial charge in [0.25, 0.3) is 5.69 Å². The molecular weight excluding hydrogens is 502 g/mol. The lowest BCUT2D eigenvalue weighted by Crippen LogP contribution is -2.29. The Morgan fingerprint density at radius 1 is 1.16 bits per heavy atom. The van der Waals surface area contributed by atoms with Crippen molar-refractivity contribution in [3.05, 3.63) is 106 Å². The van der Waals surface area contributed by atoms with Crippen LogP contribution in [0.5, 0.6) is 0 Å². The van der Waals surface area contributed by atoms with E-state index >= 15 is 0 Å². The van der Waals surface area contributed by atoms with E-state index in [2.05, 4.69) is 15.6 Å². The zero-order valence-electron chi connectivity index (χ0n) is 20.8. The van der Waals surface area contributed by atoms with E-state index in [1.807, 2.05) is 54.3 Å². The van der Waals surface area contributed by atoms with Gasteiger partial charge in [-0.05, 0) is 67.2 Å². The van der Waals surface area contributed by atoms with Gasteiger partial charge in [0, 0.05) is 41.7 Å². The van der Waals surface area contributed by atoms with Crippen molar-refractivity contribution in [3.8, 4) is 11.3 Å². The fraction of sp³-hybridized carbons (Fsp3) is 0.179. The van der Waals surface area contributed by atoms with E-state index in [1.165, 1.54) is 12.1 Å². The summed E-state index contributed by atoms with van der Waals surface area (Å²) in [5, 5.41) is 18.1. The number of aromatic nitrogens is 1. The molecule has 2 unspecified atom stereocenters. The van der Waals surface area contributed by atoms with Crippen LogP contribution < -0.4 is 15.5 Å². The smallest absolute Gasteiger partial charge is 0.270 e. The summed E-state index contributed by atoms with van der Waals surface area (Å²) in [6, 6.07) is 20.7. The summed E-state index contributed by atoms with van der Waals surface area (Å²) in [4.78, 5) is 29.3. The zero-order valence-corrected chi connectivity index (χ0v) is 21.6. The van der Waals surface area contributed by atoms with Crippen LogP contribution in [-0.2, 0) is 4.79 Å². The average molecular weight is 528 g/mol. The first kappa shape index (κ1) is 25.1. The number of rotatable bonds is 7. The molecule has 2 N–H and O–H groups in total. The summed E-state index contributed by atoms with van der Waals surface area (Å²) in [7, 11) is 0. The molecule has 0 radical (unpaired) electrons. The molecule has 2 aromatic heterocycles. The second kappa shape index (κ2) is 10.4. The van der Waals surface area contributed by atoms with E-state index in [4.69, 9.17) is 16.6 Å². The number of amides is 1. The molecule has 0 saturated carbocycles. The van der Waals surface area contributed by atoms with Crippen molar-refractivity contribution in [2.24, 2.45) is 0 Å². The van der Waals surface area contributed by atoms with Gasteiger partial charge >= 0.3 is 0 Å². The van der Waals surface area contributed by atoms with Crippen LogP contribution in [0.4, 0.5) is 17.1 Å². The molecule has 0 spiro atoms. The number of hydrogen-bond acceptors (Lipinski definition) is 6. The monoisotopic (exact) mass is 527 g/mol. The summed E-state index contributed by atoms with van der Waals surface area (Å²) in [5.74, 6) is 1.07. The third kappa shape index (κ3) is 4.85. The molecule has 1 saturated heterocycles. The van der Waals surface area contributed by atoms with Crippen LogP contribution in [0.15, 0.2) is 83.4 Å². The molecule has 38 heavy (non-hydrogen) atoms. The number of thiocarbonyl (C=S) groups is 1. The molecule has 1 aliphatic rings. The highest BCUT2D eigenvalue weighted by Gasteiger charge is 2.42. The first-order valence-electron chi connectivity index (χ1n) is 12.1. The Morgan fingerprint density at radius 2 is 2.00 bits per heavy atom. The summed E-state index contributed by atoms with van der Waals surface area (Å²) < 4.78 is 6.31. The number of anilines is 2. The number of hydrogen-bond donors (Lipinski definition) is 2. The Morgan fingerprint density at radius 3 is 2.71 bits per heavy atom. The molecule has 10 heteroatoms. The van der Waals surface area contributed by atoms with Crippen LogP contribution in [0.3, 0.4) is 0 Å². The number of non-ortho nitro benzene ring substituents is 1. The largest absolute Gasteiger partial charge is 0.459 e. The summed E-state index contributed by atoms with van der Waals surface area (Å²) in [6.45, 7) is 3.74. The lowest BCUT2D eigenvalue weighted by Gasteiger charge is -2.26. The van der Waals surface area contributed by atoms with Crippen molar-refractivity contribution in [2.45, 2.75) is 32.4 Å². The topological polar surface area (TPSA) is 114 Å². The van der Waals surface area contributed by atoms with Crippen molar-refractivity contribution in [1.82, 2.24) is 10.3 Å². The number of nitro benzene ring substituents is 1. The number of nitrogens with one attached hydrogen (secondary N) is 2. The minimum Gasteiger partial charge on any atom is -0.459 e. The maximum atomic E-state index is 11.9. The molecule has 9 nitrogen and oxygen atoms in total. The van der Waals surface area contributed by atoms with Gasteiger partial charge in [-0.2, -0.15) is 0 Å². The van der Waals surface area contributed by atoms with Crippen LogP contribution in [0.25, 0.3) is 11.3 Å². The second-order valence-corrected chi connectivity index (χ2v) is 9.29. The molecular formula is C28H25N5O4S. The third-order valence-electron chi connectivity index (χ3n) is 6.44. The Labute approximate surface area is 224 Å². The zero-order chi connectivity index (χ0) is 26.8. The fourth-order valence-electron chi connectivity index (χ4n) is 4.54. The van der Waals surface area contributed by atoms with Crippen molar-refractivity contribution < 1.29 is 14.1 Å². The van der Waals surface area contributed by atoms with E-state index in [0.29, 0.717) is 28.6 Å². The van der Waals surface area contributed by atoms with Gasteiger partial charge in [-0.15, -0.1) is 0 Å². The van der Waals surface area contributed by atoms with Gasteiger partial charge in [-0.25, -0.2) is 0 Å². The highest BCUT2D eigenvalue weighted by molar-refractivity contribution is 7.80. The van der Waals surface area contributed by atoms with Gasteiger partial charge in [0.15, 0.2) is 5.11 Å². The highest BCUT2D eigenvalue weighted by Crippen LogP contribution is 2.43. The maximum Gasteiger partial charge on any atom is 0.270 e. The molecule has 0 bridgehead atoms. The first-order valence-corrected chi connectivity index (χ1v) is 12.5. The Hall–Kier alpha value is -4.57. The predicted octanol–water partition coefficient (Wildman–Crippen LogP) is 6.08. The van der Waals surface area contributed by atoms with E-state index in [9.17, 15) is 14.9 Å². The number of pyridine rings is 1. The Bertz CT molecular complexity index is 1520. The van der Waals surface area contributed by atoms with Crippen LogP contribution in [-0.4, -0.2) is 20.9 Å². The van der Waals surface area contributed by atoms with E-state index < -0.39 is 4.92 Å². The van der Waals surface area contributed by atoms with E-state index in [-0.39, 0.29) is 23.7 Å². The third-order valence-corrected chi connectivity index (χ3v) is 6.76. The second-order valence-electron chi connectivity index (χ2n) is 8.91. The average Bonchev–Trinajstić information content (AvgIpc) is 3.55. The molecule has 3 heterocycles. The predicted molar refractivity (Wildman–Crippen MR) is 149 cm³/mol. The highest BCUT2D eigenvalue weighted by atomic mass is 32.1. The van der Waals surface area contributed by atoms with Crippen LogP contribution in [0, 0.1) is 17.0 Å². The molecule has 0 aliphatic carbocycles.